The Hall–Kier alpha value is -1.72. The first-order valence-electron chi connectivity index (χ1n) is 6.45. The molecule has 0 radical (unpaired) electrons. The molecule has 0 aliphatic heterocycles. The molecule has 1 aliphatic carbocycles. The zero-order valence-corrected chi connectivity index (χ0v) is 10.7. The van der Waals surface area contributed by atoms with Gasteiger partial charge in [0.1, 0.15) is 6.33 Å². The minimum absolute atomic E-state index is 0.0458. The average molecular weight is 249 g/mol. The molecule has 6 heteroatoms. The first-order chi connectivity index (χ1) is 8.75. The third kappa shape index (κ3) is 3.65. The fraction of sp³-hybridized carbons (Fsp3) is 0.667. The van der Waals surface area contributed by atoms with Crippen molar-refractivity contribution in [1.82, 2.24) is 25.5 Å². The van der Waals surface area contributed by atoms with Crippen molar-refractivity contribution < 1.29 is 4.79 Å². The predicted molar refractivity (Wildman–Crippen MR) is 66.6 cm³/mol. The number of aromatic nitrogens is 4. The highest BCUT2D eigenvalue weighted by molar-refractivity contribution is 5.76. The Morgan fingerprint density at radius 1 is 1.56 bits per heavy atom. The summed E-state index contributed by atoms with van der Waals surface area (Å²) in [4.78, 5) is 11.8. The van der Waals surface area contributed by atoms with Crippen molar-refractivity contribution >= 4 is 5.91 Å². The zero-order chi connectivity index (χ0) is 12.8. The van der Waals surface area contributed by atoms with E-state index in [0.29, 0.717) is 13.0 Å². The molecule has 1 heterocycles. The number of hydrogen-bond acceptors (Lipinski definition) is 4. The molecule has 2 rings (SSSR count). The Bertz CT molecular complexity index is 412. The predicted octanol–water partition coefficient (Wildman–Crippen LogP) is 1.07. The maximum atomic E-state index is 11.8. The average Bonchev–Trinajstić information content (AvgIpc) is 2.90. The van der Waals surface area contributed by atoms with E-state index in [1.54, 1.807) is 4.68 Å². The number of hydrogen-bond donors (Lipinski definition) is 1. The Morgan fingerprint density at radius 3 is 3.11 bits per heavy atom. The lowest BCUT2D eigenvalue weighted by Crippen LogP contribution is -2.34. The van der Waals surface area contributed by atoms with E-state index >= 15 is 0 Å². The van der Waals surface area contributed by atoms with Crippen molar-refractivity contribution in [2.45, 2.75) is 51.6 Å². The second-order valence-corrected chi connectivity index (χ2v) is 4.64. The number of amides is 1. The molecule has 0 fully saturated rings. The van der Waals surface area contributed by atoms with Gasteiger partial charge in [0, 0.05) is 12.5 Å². The van der Waals surface area contributed by atoms with Crippen molar-refractivity contribution in [3.8, 4) is 0 Å². The van der Waals surface area contributed by atoms with E-state index in [1.807, 2.05) is 6.92 Å². The molecular formula is C12H19N5O. The third-order valence-corrected chi connectivity index (χ3v) is 3.22. The van der Waals surface area contributed by atoms with Crippen molar-refractivity contribution in [2.24, 2.45) is 0 Å². The molecule has 0 aromatic carbocycles. The molecule has 98 valence electrons. The fourth-order valence-electron chi connectivity index (χ4n) is 2.16. The van der Waals surface area contributed by atoms with Gasteiger partial charge in [0.05, 0.1) is 6.54 Å². The van der Waals surface area contributed by atoms with Gasteiger partial charge in [-0.25, -0.2) is 4.68 Å². The number of nitrogens with zero attached hydrogens (tertiary/aromatic N) is 4. The Morgan fingerprint density at radius 2 is 2.44 bits per heavy atom. The van der Waals surface area contributed by atoms with E-state index < -0.39 is 0 Å². The zero-order valence-electron chi connectivity index (χ0n) is 10.7. The van der Waals surface area contributed by atoms with Gasteiger partial charge in [0.2, 0.25) is 5.91 Å². The van der Waals surface area contributed by atoms with Crippen LogP contribution in [0.2, 0.25) is 0 Å². The molecule has 0 saturated heterocycles. The maximum absolute atomic E-state index is 11.8. The van der Waals surface area contributed by atoms with Crippen LogP contribution in [0.1, 0.15) is 39.0 Å². The summed E-state index contributed by atoms with van der Waals surface area (Å²) in [5.74, 6) is 0.0458. The number of carbonyl (C=O) groups is 1. The van der Waals surface area contributed by atoms with Crippen LogP contribution in [0.5, 0.6) is 0 Å². The summed E-state index contributed by atoms with van der Waals surface area (Å²) in [6.45, 7) is 2.57. The number of aryl methyl sites for hydroxylation is 1. The summed E-state index contributed by atoms with van der Waals surface area (Å²) in [5.41, 5.74) is 1.36. The van der Waals surface area contributed by atoms with Crippen LogP contribution in [0.4, 0.5) is 0 Å². The van der Waals surface area contributed by atoms with E-state index in [-0.39, 0.29) is 11.9 Å². The number of allylic oxidation sites excluding steroid dienone is 1. The van der Waals surface area contributed by atoms with Crippen LogP contribution >= 0.6 is 0 Å². The van der Waals surface area contributed by atoms with E-state index in [2.05, 4.69) is 26.9 Å². The Balaban J connectivity index is 1.74. The lowest BCUT2D eigenvalue weighted by atomic mass is 9.95. The topological polar surface area (TPSA) is 72.7 Å². The van der Waals surface area contributed by atoms with Gasteiger partial charge in [-0.1, -0.05) is 11.6 Å². The largest absolute Gasteiger partial charge is 0.350 e. The summed E-state index contributed by atoms with van der Waals surface area (Å²) in [5, 5.41) is 13.8. The van der Waals surface area contributed by atoms with Crippen LogP contribution in [0, 0.1) is 0 Å². The number of tetrazole rings is 1. The number of rotatable bonds is 5. The first kappa shape index (κ1) is 12.7. The molecule has 1 aromatic heterocycles. The van der Waals surface area contributed by atoms with Gasteiger partial charge in [-0.05, 0) is 43.0 Å². The molecule has 1 atom stereocenters. The second-order valence-electron chi connectivity index (χ2n) is 4.64. The lowest BCUT2D eigenvalue weighted by molar-refractivity contribution is -0.121. The van der Waals surface area contributed by atoms with Crippen molar-refractivity contribution in [3.05, 3.63) is 18.0 Å². The molecule has 18 heavy (non-hydrogen) atoms. The molecule has 1 aromatic rings. The summed E-state index contributed by atoms with van der Waals surface area (Å²) in [6, 6.07) is 0.145. The highest BCUT2D eigenvalue weighted by atomic mass is 16.1. The minimum atomic E-state index is 0.0458. The summed E-state index contributed by atoms with van der Waals surface area (Å²) in [6.07, 6.45) is 8.92. The molecular weight excluding hydrogens is 230 g/mol. The monoisotopic (exact) mass is 249 g/mol. The van der Waals surface area contributed by atoms with E-state index in [0.717, 1.165) is 12.8 Å². The van der Waals surface area contributed by atoms with Crippen LogP contribution in [0.15, 0.2) is 18.0 Å². The Kier molecular flexibility index (Phi) is 4.44. The smallest absolute Gasteiger partial charge is 0.222 e. The quantitative estimate of drug-likeness (QED) is 0.792. The molecule has 1 amide bonds. The van der Waals surface area contributed by atoms with Gasteiger partial charge < -0.3 is 5.32 Å². The van der Waals surface area contributed by atoms with E-state index in [9.17, 15) is 4.79 Å². The van der Waals surface area contributed by atoms with E-state index in [4.69, 9.17) is 0 Å². The van der Waals surface area contributed by atoms with Gasteiger partial charge in [0.25, 0.3) is 0 Å². The van der Waals surface area contributed by atoms with Crippen LogP contribution in [0.25, 0.3) is 0 Å². The SMILES string of the molecule is C[C@@H](NC(=O)CCn1cnnn1)C1=CCCCC1. The van der Waals surface area contributed by atoms with Crippen LogP contribution in [0.3, 0.4) is 0 Å². The van der Waals surface area contributed by atoms with Gasteiger partial charge >= 0.3 is 0 Å². The van der Waals surface area contributed by atoms with E-state index in [1.165, 1.54) is 24.7 Å². The first-order valence-corrected chi connectivity index (χ1v) is 6.45. The summed E-state index contributed by atoms with van der Waals surface area (Å²) in [7, 11) is 0. The highest BCUT2D eigenvalue weighted by Gasteiger charge is 2.13. The standard InChI is InChI=1S/C12H19N5O/c1-10(11-5-3-2-4-6-11)14-12(18)7-8-17-9-13-15-16-17/h5,9-10H,2-4,6-8H2,1H3,(H,14,18)/t10-/m1/s1. The van der Waals surface area contributed by atoms with Crippen LogP contribution in [-0.4, -0.2) is 32.2 Å². The van der Waals surface area contributed by atoms with Crippen LogP contribution < -0.4 is 5.32 Å². The molecule has 0 unspecified atom stereocenters. The minimum Gasteiger partial charge on any atom is -0.350 e. The van der Waals surface area contributed by atoms with Gasteiger partial charge in [-0.3, -0.25) is 4.79 Å². The molecule has 0 saturated carbocycles. The van der Waals surface area contributed by atoms with Gasteiger partial charge in [0.15, 0.2) is 0 Å². The molecule has 0 bridgehead atoms. The Labute approximate surface area is 106 Å². The highest BCUT2D eigenvalue weighted by Crippen LogP contribution is 2.20. The van der Waals surface area contributed by atoms with Crippen LogP contribution in [-0.2, 0) is 11.3 Å². The maximum Gasteiger partial charge on any atom is 0.222 e. The van der Waals surface area contributed by atoms with Crippen molar-refractivity contribution in [3.63, 3.8) is 0 Å². The van der Waals surface area contributed by atoms with Gasteiger partial charge in [-0.15, -0.1) is 5.10 Å². The normalized spacial score (nSPS) is 17.1. The number of nitrogens with one attached hydrogen (secondary N) is 1. The molecule has 1 aliphatic rings. The second kappa shape index (κ2) is 6.28. The molecule has 1 N–H and O–H groups in total. The summed E-state index contributed by atoms with van der Waals surface area (Å²) < 4.78 is 1.56. The third-order valence-electron chi connectivity index (χ3n) is 3.22. The molecule has 6 nitrogen and oxygen atoms in total. The summed E-state index contributed by atoms with van der Waals surface area (Å²) >= 11 is 0. The van der Waals surface area contributed by atoms with Crippen molar-refractivity contribution in [1.29, 1.82) is 0 Å². The van der Waals surface area contributed by atoms with Crippen molar-refractivity contribution in [2.75, 3.05) is 0 Å². The number of carbonyl (C=O) groups excluding carboxylic acids is 1. The fourth-order valence-corrected chi connectivity index (χ4v) is 2.16. The van der Waals surface area contributed by atoms with Gasteiger partial charge in [-0.2, -0.15) is 0 Å². The molecule has 0 spiro atoms. The lowest BCUT2D eigenvalue weighted by Gasteiger charge is -2.20.